The van der Waals surface area contributed by atoms with Gasteiger partial charge >= 0.3 is 0 Å². The van der Waals surface area contributed by atoms with Crippen molar-refractivity contribution in [2.45, 2.75) is 27.7 Å². The highest BCUT2D eigenvalue weighted by molar-refractivity contribution is 7.22. The van der Waals surface area contributed by atoms with E-state index in [4.69, 9.17) is 19.2 Å². The summed E-state index contributed by atoms with van der Waals surface area (Å²) in [6, 6.07) is 9.65. The lowest BCUT2D eigenvalue weighted by atomic mass is 10.1. The molecule has 0 radical (unpaired) electrons. The molecule has 0 aliphatic carbocycles. The second-order valence-electron chi connectivity index (χ2n) is 8.34. The molecule has 1 aromatic heterocycles. The van der Waals surface area contributed by atoms with E-state index in [2.05, 4.69) is 30.9 Å². The number of fused-ring (bicyclic) bond motifs is 1. The van der Waals surface area contributed by atoms with Crippen molar-refractivity contribution >= 4 is 32.6 Å². The Kier molecular flexibility index (Phi) is 8.03. The van der Waals surface area contributed by atoms with Gasteiger partial charge in [-0.25, -0.2) is 4.98 Å². The second-order valence-corrected chi connectivity index (χ2v) is 9.35. The number of nitrogens with zero attached hydrogens (tertiary/aromatic N) is 3. The summed E-state index contributed by atoms with van der Waals surface area (Å²) in [6.45, 7) is 13.6. The summed E-state index contributed by atoms with van der Waals surface area (Å²) in [5, 5.41) is 0.713. The third-order valence-electron chi connectivity index (χ3n) is 6.00. The Balaban J connectivity index is 1.67. The SMILES string of the molecule is CCOc1ccc(C(=O)N(CCN2CCOCC2)c2nc3cc(C)c(C)cc3s2)cc1OCC. The predicted molar refractivity (Wildman–Crippen MR) is 137 cm³/mol. The van der Waals surface area contributed by atoms with E-state index in [-0.39, 0.29) is 5.91 Å². The molecule has 1 saturated heterocycles. The maximum atomic E-state index is 13.8. The molecule has 4 rings (SSSR count). The van der Waals surface area contributed by atoms with E-state index >= 15 is 0 Å². The number of hydrogen-bond acceptors (Lipinski definition) is 7. The molecule has 1 fully saturated rings. The van der Waals surface area contributed by atoms with Gasteiger partial charge in [-0.3, -0.25) is 14.6 Å². The van der Waals surface area contributed by atoms with Crippen molar-refractivity contribution in [2.24, 2.45) is 0 Å². The summed E-state index contributed by atoms with van der Waals surface area (Å²) < 4.78 is 18.0. The lowest BCUT2D eigenvalue weighted by molar-refractivity contribution is 0.0391. The zero-order valence-electron chi connectivity index (χ0n) is 20.4. The van der Waals surface area contributed by atoms with E-state index in [1.165, 1.54) is 11.1 Å². The molecule has 1 aliphatic heterocycles. The van der Waals surface area contributed by atoms with E-state index in [0.717, 1.165) is 43.1 Å². The number of aromatic nitrogens is 1. The molecule has 2 aromatic carbocycles. The van der Waals surface area contributed by atoms with Crippen molar-refractivity contribution in [1.29, 1.82) is 0 Å². The van der Waals surface area contributed by atoms with E-state index in [1.807, 2.05) is 19.9 Å². The molecule has 182 valence electrons. The fourth-order valence-corrected chi connectivity index (χ4v) is 5.04. The highest BCUT2D eigenvalue weighted by atomic mass is 32.1. The van der Waals surface area contributed by atoms with Gasteiger partial charge in [0.05, 0.1) is 36.6 Å². The fraction of sp³-hybridized carbons (Fsp3) is 0.462. The van der Waals surface area contributed by atoms with E-state index in [1.54, 1.807) is 28.4 Å². The molecule has 0 bridgehead atoms. The topological polar surface area (TPSA) is 64.1 Å². The van der Waals surface area contributed by atoms with Crippen molar-refractivity contribution in [3.8, 4) is 11.5 Å². The first-order chi connectivity index (χ1) is 16.5. The normalized spacial score (nSPS) is 14.4. The number of morpholine rings is 1. The first-order valence-corrected chi connectivity index (χ1v) is 12.7. The van der Waals surface area contributed by atoms with Gasteiger partial charge in [0.2, 0.25) is 0 Å². The van der Waals surface area contributed by atoms with Crippen LogP contribution in [0.15, 0.2) is 30.3 Å². The zero-order valence-corrected chi connectivity index (χ0v) is 21.2. The van der Waals surface area contributed by atoms with Crippen LogP contribution in [0, 0.1) is 13.8 Å². The number of benzene rings is 2. The number of thiazole rings is 1. The molecule has 8 heteroatoms. The Morgan fingerprint density at radius 3 is 2.50 bits per heavy atom. The smallest absolute Gasteiger partial charge is 0.260 e. The summed E-state index contributed by atoms with van der Waals surface area (Å²) in [7, 11) is 0. The van der Waals surface area contributed by atoms with Crippen LogP contribution < -0.4 is 14.4 Å². The van der Waals surface area contributed by atoms with E-state index < -0.39 is 0 Å². The van der Waals surface area contributed by atoms with Crippen LogP contribution in [0.3, 0.4) is 0 Å². The van der Waals surface area contributed by atoms with Gasteiger partial charge in [-0.05, 0) is 69.2 Å². The summed E-state index contributed by atoms with van der Waals surface area (Å²) in [5.74, 6) is 1.13. The molecule has 34 heavy (non-hydrogen) atoms. The van der Waals surface area contributed by atoms with Crippen LogP contribution in [0.5, 0.6) is 11.5 Å². The van der Waals surface area contributed by atoms with Crippen LogP contribution in [0.25, 0.3) is 10.2 Å². The number of rotatable bonds is 9. The second kappa shape index (κ2) is 11.2. The molecular weight excluding hydrogens is 450 g/mol. The molecule has 7 nitrogen and oxygen atoms in total. The minimum Gasteiger partial charge on any atom is -0.490 e. The number of anilines is 1. The van der Waals surface area contributed by atoms with Crippen LogP contribution in [0.2, 0.25) is 0 Å². The van der Waals surface area contributed by atoms with Crippen LogP contribution >= 0.6 is 11.3 Å². The Hall–Kier alpha value is -2.68. The summed E-state index contributed by atoms with van der Waals surface area (Å²) in [6.07, 6.45) is 0. The summed E-state index contributed by atoms with van der Waals surface area (Å²) in [5.41, 5.74) is 3.90. The Morgan fingerprint density at radius 2 is 1.76 bits per heavy atom. The third-order valence-corrected chi connectivity index (χ3v) is 7.04. The van der Waals surface area contributed by atoms with E-state index in [9.17, 15) is 4.79 Å². The van der Waals surface area contributed by atoms with Crippen LogP contribution in [-0.2, 0) is 4.74 Å². The first-order valence-electron chi connectivity index (χ1n) is 11.9. The molecule has 1 aliphatic rings. The maximum Gasteiger partial charge on any atom is 0.260 e. The average molecular weight is 484 g/mol. The monoisotopic (exact) mass is 483 g/mol. The summed E-state index contributed by atoms with van der Waals surface area (Å²) >= 11 is 1.56. The molecule has 0 unspecified atom stereocenters. The molecule has 2 heterocycles. The van der Waals surface area contributed by atoms with Crippen molar-refractivity contribution in [3.05, 3.63) is 47.0 Å². The minimum atomic E-state index is -0.0928. The van der Waals surface area contributed by atoms with Gasteiger partial charge in [-0.1, -0.05) is 11.3 Å². The number of amides is 1. The predicted octanol–water partition coefficient (Wildman–Crippen LogP) is 4.69. The van der Waals surface area contributed by atoms with Gasteiger partial charge in [-0.15, -0.1) is 0 Å². The minimum absolute atomic E-state index is 0.0928. The molecule has 0 N–H and O–H groups in total. The third kappa shape index (κ3) is 5.51. The van der Waals surface area contributed by atoms with Crippen molar-refractivity contribution in [1.82, 2.24) is 9.88 Å². The maximum absolute atomic E-state index is 13.8. The van der Waals surface area contributed by atoms with Crippen molar-refractivity contribution in [2.75, 3.05) is 57.5 Å². The van der Waals surface area contributed by atoms with E-state index in [0.29, 0.717) is 42.0 Å². The quantitative estimate of drug-likeness (QED) is 0.440. The first kappa shape index (κ1) is 24.4. The number of hydrogen-bond donors (Lipinski definition) is 0. The zero-order chi connectivity index (χ0) is 24.1. The van der Waals surface area contributed by atoms with Crippen LogP contribution in [-0.4, -0.2) is 68.4 Å². The van der Waals surface area contributed by atoms with Crippen LogP contribution in [0.4, 0.5) is 5.13 Å². The number of ether oxygens (including phenoxy) is 3. The molecule has 0 saturated carbocycles. The number of carbonyl (C=O) groups excluding carboxylic acids is 1. The van der Waals surface area contributed by atoms with Crippen molar-refractivity contribution in [3.63, 3.8) is 0 Å². The Bertz CT molecular complexity index is 1100. The van der Waals surface area contributed by atoms with Gasteiger partial charge in [-0.2, -0.15) is 0 Å². The lowest BCUT2D eigenvalue weighted by Crippen LogP contribution is -2.43. The largest absolute Gasteiger partial charge is 0.490 e. The molecule has 1 amide bonds. The number of carbonyl (C=O) groups is 1. The molecular formula is C26H33N3O4S. The summed E-state index contributed by atoms with van der Waals surface area (Å²) in [4.78, 5) is 22.8. The average Bonchev–Trinajstić information content (AvgIpc) is 3.23. The Morgan fingerprint density at radius 1 is 1.06 bits per heavy atom. The highest BCUT2D eigenvalue weighted by Gasteiger charge is 2.24. The van der Waals surface area contributed by atoms with Gasteiger partial charge in [0.1, 0.15) is 0 Å². The van der Waals surface area contributed by atoms with Gasteiger partial charge in [0.15, 0.2) is 16.6 Å². The molecule has 0 spiro atoms. The molecule has 0 atom stereocenters. The van der Waals surface area contributed by atoms with Gasteiger partial charge < -0.3 is 14.2 Å². The lowest BCUT2D eigenvalue weighted by Gasteiger charge is -2.29. The number of aryl methyl sites for hydroxylation is 2. The molecule has 3 aromatic rings. The highest BCUT2D eigenvalue weighted by Crippen LogP contribution is 2.33. The van der Waals surface area contributed by atoms with Gasteiger partial charge in [0, 0.05) is 31.7 Å². The standard InChI is InChI=1S/C26H33N3O4S/c1-5-32-22-8-7-20(17-23(22)33-6-2)25(30)29(10-9-28-11-13-31-14-12-28)26-27-21-15-18(3)19(4)16-24(21)34-26/h7-8,15-17H,5-6,9-14H2,1-4H3. The fourth-order valence-electron chi connectivity index (χ4n) is 3.97. The van der Waals surface area contributed by atoms with Crippen molar-refractivity contribution < 1.29 is 19.0 Å². The Labute approximate surface area is 205 Å². The van der Waals surface area contributed by atoms with Gasteiger partial charge in [0.25, 0.3) is 5.91 Å². The van der Waals surface area contributed by atoms with Crippen LogP contribution in [0.1, 0.15) is 35.3 Å².